The van der Waals surface area contributed by atoms with Crippen LogP contribution in [0.3, 0.4) is 0 Å². The second kappa shape index (κ2) is 9.53. The van der Waals surface area contributed by atoms with Crippen LogP contribution in [0.5, 0.6) is 17.2 Å². The van der Waals surface area contributed by atoms with Gasteiger partial charge in [-0.3, -0.25) is 0 Å². The molecule has 0 aliphatic heterocycles. The molecule has 0 aromatic heterocycles. The van der Waals surface area contributed by atoms with E-state index in [1.54, 1.807) is 30.3 Å². The van der Waals surface area contributed by atoms with E-state index >= 15 is 0 Å². The van der Waals surface area contributed by atoms with Gasteiger partial charge in [0.25, 0.3) is 0 Å². The van der Waals surface area contributed by atoms with Crippen LogP contribution in [0.1, 0.15) is 19.4 Å². The molecular weight excluding hydrogens is 530 g/mol. The molecule has 0 saturated carbocycles. The number of phenols is 1. The van der Waals surface area contributed by atoms with Crippen LogP contribution >= 0.6 is 31.9 Å². The second-order valence-electron chi connectivity index (χ2n) is 7.10. The lowest BCUT2D eigenvalue weighted by atomic mass is 10.0. The van der Waals surface area contributed by atoms with E-state index in [9.17, 15) is 9.90 Å². The van der Waals surface area contributed by atoms with Crippen molar-refractivity contribution in [3.05, 3.63) is 75.2 Å². The number of nitrogens with zero attached hydrogens (tertiary/aromatic N) is 1. The molecule has 0 atom stereocenters. The molecule has 3 aromatic carbocycles. The van der Waals surface area contributed by atoms with E-state index in [1.807, 2.05) is 30.3 Å². The number of aliphatic carboxylic acids is 1. The topological polar surface area (TPSA) is 88.4 Å². The van der Waals surface area contributed by atoms with Crippen molar-refractivity contribution in [3.63, 3.8) is 0 Å². The zero-order valence-electron chi connectivity index (χ0n) is 16.7. The van der Waals surface area contributed by atoms with Gasteiger partial charge in [0, 0.05) is 5.56 Å². The average molecular weight is 549 g/mol. The molecule has 0 saturated heterocycles. The highest BCUT2D eigenvalue weighted by Gasteiger charge is 2.29. The number of oxime groups is 1. The molecule has 0 amide bonds. The van der Waals surface area contributed by atoms with Gasteiger partial charge in [-0.05, 0) is 87.2 Å². The minimum Gasteiger partial charge on any atom is -0.507 e. The summed E-state index contributed by atoms with van der Waals surface area (Å²) in [6, 6.07) is 18.1. The quantitative estimate of drug-likeness (QED) is 0.257. The maximum Gasteiger partial charge on any atom is 0.350 e. The van der Waals surface area contributed by atoms with Crippen molar-refractivity contribution in [2.75, 3.05) is 0 Å². The van der Waals surface area contributed by atoms with Crippen molar-refractivity contribution in [3.8, 4) is 28.4 Å². The Hall–Kier alpha value is -2.84. The third-order valence-electron chi connectivity index (χ3n) is 4.29. The number of aromatic hydroxyl groups is 1. The highest BCUT2D eigenvalue weighted by Crippen LogP contribution is 2.40. The van der Waals surface area contributed by atoms with Crippen LogP contribution in [0.4, 0.5) is 0 Å². The Balaban J connectivity index is 1.83. The van der Waals surface area contributed by atoms with Gasteiger partial charge in [0.05, 0.1) is 15.2 Å². The molecule has 31 heavy (non-hydrogen) atoms. The summed E-state index contributed by atoms with van der Waals surface area (Å²) < 4.78 is 7.34. The molecule has 3 aromatic rings. The largest absolute Gasteiger partial charge is 0.507 e. The van der Waals surface area contributed by atoms with E-state index in [2.05, 4.69) is 37.0 Å². The van der Waals surface area contributed by atoms with E-state index in [1.165, 1.54) is 20.1 Å². The summed E-state index contributed by atoms with van der Waals surface area (Å²) in [5.41, 5.74) is 0.776. The molecule has 0 unspecified atom stereocenters. The third-order valence-corrected chi connectivity index (χ3v) is 5.47. The average Bonchev–Trinajstić information content (AvgIpc) is 2.72. The first-order chi connectivity index (χ1) is 14.7. The fourth-order valence-corrected chi connectivity index (χ4v) is 3.94. The Morgan fingerprint density at radius 1 is 1.03 bits per heavy atom. The Kier molecular flexibility index (Phi) is 7.02. The van der Waals surface area contributed by atoms with E-state index < -0.39 is 11.6 Å². The number of phenolic OH excluding ortho intramolecular Hbond substituents is 1. The first-order valence-corrected chi connectivity index (χ1v) is 10.8. The van der Waals surface area contributed by atoms with Gasteiger partial charge in [-0.2, -0.15) is 0 Å². The van der Waals surface area contributed by atoms with Crippen LogP contribution in [0, 0.1) is 0 Å². The van der Waals surface area contributed by atoms with Gasteiger partial charge in [0.1, 0.15) is 11.5 Å². The van der Waals surface area contributed by atoms with Crippen molar-refractivity contribution in [2.24, 2.45) is 5.16 Å². The molecule has 8 heteroatoms. The monoisotopic (exact) mass is 547 g/mol. The van der Waals surface area contributed by atoms with E-state index in [4.69, 9.17) is 14.7 Å². The Morgan fingerprint density at radius 3 is 2.29 bits per heavy atom. The normalized spacial score (nSPS) is 11.5. The zero-order chi connectivity index (χ0) is 22.6. The van der Waals surface area contributed by atoms with Crippen molar-refractivity contribution in [1.82, 2.24) is 0 Å². The molecular formula is C23H19Br2NO5. The van der Waals surface area contributed by atoms with Crippen molar-refractivity contribution >= 4 is 44.0 Å². The number of benzene rings is 3. The molecule has 0 fully saturated rings. The minimum absolute atomic E-state index is 0.160. The number of carboxylic acid groups (broad SMARTS) is 1. The van der Waals surface area contributed by atoms with Gasteiger partial charge in [0.2, 0.25) is 5.60 Å². The zero-order valence-corrected chi connectivity index (χ0v) is 19.8. The maximum atomic E-state index is 11.1. The molecule has 0 aliphatic rings. The summed E-state index contributed by atoms with van der Waals surface area (Å²) in [5, 5.41) is 23.1. The summed E-state index contributed by atoms with van der Waals surface area (Å²) in [6.45, 7) is 2.83. The lowest BCUT2D eigenvalue weighted by Gasteiger charge is -2.16. The number of hydrogen-bond donors (Lipinski definition) is 2. The predicted octanol–water partition coefficient (Wildman–Crippen LogP) is 6.59. The highest BCUT2D eigenvalue weighted by atomic mass is 79.9. The first-order valence-electron chi connectivity index (χ1n) is 9.17. The van der Waals surface area contributed by atoms with E-state index in [-0.39, 0.29) is 5.75 Å². The summed E-state index contributed by atoms with van der Waals surface area (Å²) >= 11 is 6.97. The molecule has 0 bridgehead atoms. The molecule has 6 nitrogen and oxygen atoms in total. The van der Waals surface area contributed by atoms with Crippen molar-refractivity contribution in [2.45, 2.75) is 19.4 Å². The van der Waals surface area contributed by atoms with Crippen LogP contribution < -0.4 is 4.74 Å². The van der Waals surface area contributed by atoms with Crippen LogP contribution in [0.15, 0.2) is 74.8 Å². The fraction of sp³-hybridized carbons (Fsp3) is 0.130. The van der Waals surface area contributed by atoms with Crippen LogP contribution in [0.2, 0.25) is 0 Å². The Bertz CT molecular complexity index is 1110. The van der Waals surface area contributed by atoms with E-state index in [0.717, 1.165) is 5.56 Å². The van der Waals surface area contributed by atoms with Crippen LogP contribution in [-0.4, -0.2) is 28.0 Å². The number of ether oxygens (including phenoxy) is 1. The Morgan fingerprint density at radius 2 is 1.68 bits per heavy atom. The maximum absolute atomic E-state index is 11.1. The van der Waals surface area contributed by atoms with Gasteiger partial charge in [-0.15, -0.1) is 0 Å². The predicted molar refractivity (Wildman–Crippen MR) is 126 cm³/mol. The molecule has 0 heterocycles. The number of carboxylic acids is 1. The number of carbonyl (C=O) groups is 1. The molecule has 0 radical (unpaired) electrons. The lowest BCUT2D eigenvalue weighted by molar-refractivity contribution is -0.161. The minimum atomic E-state index is -1.43. The number of rotatable bonds is 7. The Labute approximate surface area is 196 Å². The van der Waals surface area contributed by atoms with Gasteiger partial charge >= 0.3 is 5.97 Å². The third kappa shape index (κ3) is 5.65. The van der Waals surface area contributed by atoms with Crippen LogP contribution in [0.25, 0.3) is 11.1 Å². The van der Waals surface area contributed by atoms with Gasteiger partial charge in [-0.25, -0.2) is 4.79 Å². The molecule has 3 rings (SSSR count). The standard InChI is InChI=1S/C23H19Br2NO5/c1-23(2,22(28)29)31-26-13-14-10-18(24)21(19(25)11-14)30-16-8-9-20(27)17(12-16)15-6-4-3-5-7-15/h3-13,27H,1-2H3,(H,28,29)/b26-13+. The van der Waals surface area contributed by atoms with Crippen molar-refractivity contribution in [1.29, 1.82) is 0 Å². The molecule has 160 valence electrons. The van der Waals surface area contributed by atoms with Crippen LogP contribution in [-0.2, 0) is 9.63 Å². The number of halogens is 2. The second-order valence-corrected chi connectivity index (χ2v) is 8.81. The SMILES string of the molecule is CC(C)(O/N=C/c1cc(Br)c(Oc2ccc(O)c(-c3ccccc3)c2)c(Br)c1)C(=O)O. The molecule has 0 spiro atoms. The number of hydrogen-bond acceptors (Lipinski definition) is 5. The first kappa shape index (κ1) is 22.8. The fourth-order valence-electron chi connectivity index (χ4n) is 2.55. The summed E-state index contributed by atoms with van der Waals surface area (Å²) in [4.78, 5) is 16.1. The highest BCUT2D eigenvalue weighted by molar-refractivity contribution is 9.11. The smallest absolute Gasteiger partial charge is 0.350 e. The molecule has 0 aliphatic carbocycles. The summed E-state index contributed by atoms with van der Waals surface area (Å²) in [5.74, 6) is 0.131. The van der Waals surface area contributed by atoms with Crippen molar-refractivity contribution < 1.29 is 24.6 Å². The molecule has 2 N–H and O–H groups in total. The summed E-state index contributed by atoms with van der Waals surface area (Å²) in [7, 11) is 0. The summed E-state index contributed by atoms with van der Waals surface area (Å²) in [6.07, 6.45) is 1.41. The van der Waals surface area contributed by atoms with Gasteiger partial charge in [0.15, 0.2) is 5.75 Å². The van der Waals surface area contributed by atoms with E-state index in [0.29, 0.717) is 31.6 Å². The lowest BCUT2D eigenvalue weighted by Crippen LogP contribution is -2.32. The van der Waals surface area contributed by atoms with Gasteiger partial charge in [-0.1, -0.05) is 35.5 Å². The van der Waals surface area contributed by atoms with Gasteiger partial charge < -0.3 is 19.8 Å².